The van der Waals surface area contributed by atoms with Gasteiger partial charge >= 0.3 is 0 Å². The molecule has 0 spiro atoms. The van der Waals surface area contributed by atoms with Crippen molar-refractivity contribution in [3.63, 3.8) is 0 Å². The minimum absolute atomic E-state index is 0.609. The molecule has 0 aromatic heterocycles. The van der Waals surface area contributed by atoms with E-state index in [-0.39, 0.29) is 0 Å². The van der Waals surface area contributed by atoms with E-state index in [1.54, 1.807) is 0 Å². The van der Waals surface area contributed by atoms with Gasteiger partial charge in [-0.3, -0.25) is 4.90 Å². The summed E-state index contributed by atoms with van der Waals surface area (Å²) in [6.07, 6.45) is 0. The molecule has 0 amide bonds. The van der Waals surface area contributed by atoms with Crippen LogP contribution >= 0.6 is 0 Å². The Kier molecular flexibility index (Phi) is 3.62. The molecule has 88 valence electrons. The summed E-state index contributed by atoms with van der Waals surface area (Å²) in [7, 11) is 2.18. The van der Waals surface area contributed by atoms with E-state index in [0.29, 0.717) is 12.0 Å². The fourth-order valence-corrected chi connectivity index (χ4v) is 1.95. The Morgan fingerprint density at radius 3 is 2.69 bits per heavy atom. The molecule has 2 nitrogen and oxygen atoms in total. The van der Waals surface area contributed by atoms with Crippen LogP contribution in [0.25, 0.3) is 0 Å². The van der Waals surface area contributed by atoms with Crippen LogP contribution in [0.2, 0.25) is 0 Å². The van der Waals surface area contributed by atoms with Gasteiger partial charge in [-0.1, -0.05) is 38.1 Å². The number of ether oxygens (including phenoxy) is 1. The van der Waals surface area contributed by atoms with Crippen LogP contribution in [0.15, 0.2) is 24.3 Å². The molecule has 0 aliphatic carbocycles. The molecule has 16 heavy (non-hydrogen) atoms. The van der Waals surface area contributed by atoms with Gasteiger partial charge in [0.05, 0.1) is 19.3 Å². The molecule has 1 aromatic rings. The average Bonchev–Trinajstić information content (AvgIpc) is 2.15. The molecular weight excluding hydrogens is 198 g/mol. The van der Waals surface area contributed by atoms with Gasteiger partial charge in [-0.15, -0.1) is 0 Å². The van der Waals surface area contributed by atoms with E-state index in [1.807, 2.05) is 0 Å². The van der Waals surface area contributed by atoms with E-state index < -0.39 is 0 Å². The van der Waals surface area contributed by atoms with Crippen molar-refractivity contribution >= 4 is 0 Å². The lowest BCUT2D eigenvalue weighted by atomic mass is 10.0. The molecule has 0 atom stereocenters. The lowest BCUT2D eigenvalue weighted by molar-refractivity contribution is -0.0586. The van der Waals surface area contributed by atoms with Crippen LogP contribution in [0.4, 0.5) is 0 Å². The molecule has 0 bridgehead atoms. The number of nitrogens with zero attached hydrogens (tertiary/aromatic N) is 1. The van der Waals surface area contributed by atoms with Crippen LogP contribution in [0.1, 0.15) is 30.9 Å². The largest absolute Gasteiger partial charge is 0.378 e. The number of hydrogen-bond donors (Lipinski definition) is 0. The first-order valence-electron chi connectivity index (χ1n) is 6.03. The normalized spacial score (nSPS) is 16.8. The topological polar surface area (TPSA) is 12.5 Å². The first-order chi connectivity index (χ1) is 7.66. The molecule has 1 aliphatic heterocycles. The van der Waals surface area contributed by atoms with E-state index in [9.17, 15) is 0 Å². The van der Waals surface area contributed by atoms with Gasteiger partial charge in [0.2, 0.25) is 0 Å². The molecule has 0 N–H and O–H groups in total. The molecule has 1 fully saturated rings. The van der Waals surface area contributed by atoms with Gasteiger partial charge in [0.1, 0.15) is 0 Å². The molecule has 2 rings (SSSR count). The summed E-state index contributed by atoms with van der Waals surface area (Å²) in [5.74, 6) is 0.609. The van der Waals surface area contributed by atoms with Gasteiger partial charge in [0.25, 0.3) is 0 Å². The highest BCUT2D eigenvalue weighted by molar-refractivity contribution is 5.25. The number of hydrogen-bond acceptors (Lipinski definition) is 2. The quantitative estimate of drug-likeness (QED) is 0.772. The Hall–Kier alpha value is -0.860. The second-order valence-corrected chi connectivity index (χ2v) is 5.01. The fraction of sp³-hybridized carbons (Fsp3) is 0.571. The number of likely N-dealkylation sites (N-methyl/N-ethyl adjacent to an activating group) is 1. The molecule has 0 radical (unpaired) electrons. The monoisotopic (exact) mass is 219 g/mol. The zero-order valence-corrected chi connectivity index (χ0v) is 10.4. The first kappa shape index (κ1) is 11.6. The van der Waals surface area contributed by atoms with Crippen molar-refractivity contribution in [3.8, 4) is 0 Å². The van der Waals surface area contributed by atoms with Gasteiger partial charge in [-0.25, -0.2) is 0 Å². The molecule has 1 saturated heterocycles. The third-order valence-electron chi connectivity index (χ3n) is 3.29. The summed E-state index contributed by atoms with van der Waals surface area (Å²) in [6, 6.07) is 9.52. The fourth-order valence-electron chi connectivity index (χ4n) is 1.95. The number of rotatable bonds is 4. The number of benzene rings is 1. The summed E-state index contributed by atoms with van der Waals surface area (Å²) in [6.45, 7) is 7.28. The first-order valence-corrected chi connectivity index (χ1v) is 6.03. The highest BCUT2D eigenvalue weighted by atomic mass is 16.5. The smallest absolute Gasteiger partial charge is 0.0645 e. The molecular formula is C14H21NO. The van der Waals surface area contributed by atoms with Crippen molar-refractivity contribution in [2.24, 2.45) is 0 Å². The molecule has 1 aliphatic rings. The maximum Gasteiger partial charge on any atom is 0.0645 e. The Balaban J connectivity index is 2.00. The van der Waals surface area contributed by atoms with Crippen molar-refractivity contribution in [3.05, 3.63) is 35.4 Å². The van der Waals surface area contributed by atoms with E-state index in [4.69, 9.17) is 4.74 Å². The Morgan fingerprint density at radius 1 is 1.38 bits per heavy atom. The molecule has 0 unspecified atom stereocenters. The van der Waals surface area contributed by atoms with Crippen molar-refractivity contribution in [1.29, 1.82) is 0 Å². The summed E-state index contributed by atoms with van der Waals surface area (Å²) in [5, 5.41) is 0. The predicted molar refractivity (Wildman–Crippen MR) is 66.6 cm³/mol. The van der Waals surface area contributed by atoms with E-state index in [0.717, 1.165) is 19.8 Å². The summed E-state index contributed by atoms with van der Waals surface area (Å²) >= 11 is 0. The Labute approximate surface area is 98.2 Å². The van der Waals surface area contributed by atoms with E-state index in [1.165, 1.54) is 11.1 Å². The summed E-state index contributed by atoms with van der Waals surface area (Å²) in [4.78, 5) is 2.38. The maximum absolute atomic E-state index is 5.21. The third kappa shape index (κ3) is 2.63. The third-order valence-corrected chi connectivity index (χ3v) is 3.29. The maximum atomic E-state index is 5.21. The van der Waals surface area contributed by atoms with Gasteiger partial charge in [0, 0.05) is 6.54 Å². The van der Waals surface area contributed by atoms with Crippen LogP contribution in [0.5, 0.6) is 0 Å². The summed E-state index contributed by atoms with van der Waals surface area (Å²) in [5.41, 5.74) is 2.83. The Bertz CT molecular complexity index is 344. The van der Waals surface area contributed by atoms with Crippen LogP contribution in [0.3, 0.4) is 0 Å². The van der Waals surface area contributed by atoms with Gasteiger partial charge in [-0.2, -0.15) is 0 Å². The summed E-state index contributed by atoms with van der Waals surface area (Å²) < 4.78 is 5.21. The standard InChI is InChI=1S/C14H21NO/c1-11(2)13-6-4-5-12(7-13)8-15(3)14-9-16-10-14/h4-7,11,14H,8-10H2,1-3H3. The van der Waals surface area contributed by atoms with Crippen molar-refractivity contribution in [2.75, 3.05) is 20.3 Å². The van der Waals surface area contributed by atoms with Gasteiger partial charge in [-0.05, 0) is 24.1 Å². The molecule has 0 saturated carbocycles. The van der Waals surface area contributed by atoms with Gasteiger partial charge < -0.3 is 4.74 Å². The van der Waals surface area contributed by atoms with Crippen LogP contribution < -0.4 is 0 Å². The van der Waals surface area contributed by atoms with Crippen LogP contribution in [-0.2, 0) is 11.3 Å². The lowest BCUT2D eigenvalue weighted by Crippen LogP contribution is -2.46. The van der Waals surface area contributed by atoms with Crippen molar-refractivity contribution in [2.45, 2.75) is 32.4 Å². The zero-order valence-electron chi connectivity index (χ0n) is 10.4. The lowest BCUT2D eigenvalue weighted by Gasteiger charge is -2.34. The second-order valence-electron chi connectivity index (χ2n) is 5.01. The minimum Gasteiger partial charge on any atom is -0.378 e. The predicted octanol–water partition coefficient (Wildman–Crippen LogP) is 2.64. The highest BCUT2D eigenvalue weighted by Crippen LogP contribution is 2.18. The van der Waals surface area contributed by atoms with Gasteiger partial charge in [0.15, 0.2) is 0 Å². The SMILES string of the molecule is CC(C)c1cccc(CN(C)C2COC2)c1. The van der Waals surface area contributed by atoms with E-state index in [2.05, 4.69) is 50.1 Å². The molecule has 1 heterocycles. The zero-order chi connectivity index (χ0) is 11.5. The van der Waals surface area contributed by atoms with Crippen molar-refractivity contribution in [1.82, 2.24) is 4.90 Å². The average molecular weight is 219 g/mol. The van der Waals surface area contributed by atoms with Crippen LogP contribution in [-0.4, -0.2) is 31.2 Å². The molecule has 2 heteroatoms. The Morgan fingerprint density at radius 2 is 2.12 bits per heavy atom. The molecule has 1 aromatic carbocycles. The second kappa shape index (κ2) is 4.98. The van der Waals surface area contributed by atoms with Crippen LogP contribution in [0, 0.1) is 0 Å². The van der Waals surface area contributed by atoms with E-state index >= 15 is 0 Å². The highest BCUT2D eigenvalue weighted by Gasteiger charge is 2.22. The van der Waals surface area contributed by atoms with Crippen molar-refractivity contribution < 1.29 is 4.74 Å². The minimum atomic E-state index is 0.609.